The summed E-state index contributed by atoms with van der Waals surface area (Å²) >= 11 is 3.49. The summed E-state index contributed by atoms with van der Waals surface area (Å²) in [7, 11) is 0. The Balaban J connectivity index is 0.555. The summed E-state index contributed by atoms with van der Waals surface area (Å²) in [5.74, 6) is 4.95. The summed E-state index contributed by atoms with van der Waals surface area (Å²) in [5.41, 5.74) is 22.5. The second kappa shape index (κ2) is 26.5. The number of hydrogen-bond donors (Lipinski definition) is 2. The molecule has 12 aromatic carbocycles. The molecule has 0 saturated carbocycles. The van der Waals surface area contributed by atoms with E-state index in [0.717, 1.165) is 154 Å². The van der Waals surface area contributed by atoms with E-state index in [0.29, 0.717) is 46.6 Å². The molecule has 4 aromatic heterocycles. The Labute approximate surface area is 619 Å². The van der Waals surface area contributed by atoms with Crippen LogP contribution in [0.1, 0.15) is 22.5 Å². The first-order valence-corrected chi connectivity index (χ1v) is 36.9. The Morgan fingerprint density at radius 1 is 0.245 bits per heavy atom. The second-order valence-corrected chi connectivity index (χ2v) is 28.7. The average molecular weight is 1400 g/mol. The van der Waals surface area contributed by atoms with Crippen molar-refractivity contribution >= 4 is 67.4 Å². The predicted molar refractivity (Wildman–Crippen MR) is 430 cm³/mol. The van der Waals surface area contributed by atoms with Gasteiger partial charge in [0.2, 0.25) is 0 Å². The molecule has 2 atom stereocenters. The molecule has 0 bridgehead atoms. The number of benzene rings is 12. The van der Waals surface area contributed by atoms with Crippen LogP contribution in [0.15, 0.2) is 338 Å². The maximum absolute atomic E-state index is 5.27. The normalized spacial score (nSPS) is 14.7. The Kier molecular flexibility index (Phi) is 15.6. The van der Waals surface area contributed by atoms with Crippen molar-refractivity contribution in [2.75, 3.05) is 0 Å². The molecule has 0 amide bonds. The summed E-state index contributed by atoms with van der Waals surface area (Å²) in [6, 6.07) is 101. The fourth-order valence-electron chi connectivity index (χ4n) is 14.3. The highest BCUT2D eigenvalue weighted by Crippen LogP contribution is 2.48. The van der Waals surface area contributed by atoms with E-state index in [1.807, 2.05) is 85.2 Å². The first kappa shape index (κ1) is 62.4. The number of aromatic nitrogens is 10. The third-order valence-electron chi connectivity index (χ3n) is 19.8. The van der Waals surface area contributed by atoms with Crippen molar-refractivity contribution in [1.29, 1.82) is 0 Å². The van der Waals surface area contributed by atoms with Gasteiger partial charge in [-0.15, -0.1) is 0 Å². The van der Waals surface area contributed by atoms with Crippen LogP contribution in [0.3, 0.4) is 0 Å². The fourth-order valence-corrected chi connectivity index (χ4v) is 16.5. The third kappa shape index (κ3) is 11.9. The number of nitrogens with one attached hydrogen (secondary N) is 2. The van der Waals surface area contributed by atoms with Crippen molar-refractivity contribution in [2.24, 2.45) is 0 Å². The number of thioether (sulfide) groups is 2. The van der Waals surface area contributed by atoms with Crippen molar-refractivity contribution in [3.8, 4) is 124 Å². The van der Waals surface area contributed by atoms with E-state index >= 15 is 0 Å². The number of nitrogens with zero attached hydrogens (tertiary/aromatic N) is 10. The SMILES string of the molecule is C1=C(c2ccccc2)C=C2c3nc(-c4ccc(-c5nc(-c6ccc(-c7ccc8ccc(C9=CNC%10Sc%11cnc(-c%12ccc(-c%13ccc%14c(-c%15nc(-c%16ccccc%16)nc(-c%16ccccc%16)n%15)cccc%14c%13)cc%12)nc%11C%10=C9)cc8c7)cc6)nc(-c6cccc(-c7ccccc7)c6)n5)cc4)ncc3SC2N1. The highest BCUT2D eigenvalue weighted by atomic mass is 32.2. The van der Waals surface area contributed by atoms with Gasteiger partial charge in [0.15, 0.2) is 46.6 Å². The first-order valence-electron chi connectivity index (χ1n) is 35.1. The van der Waals surface area contributed by atoms with Gasteiger partial charge < -0.3 is 10.6 Å². The molecule has 16 aromatic rings. The van der Waals surface area contributed by atoms with Crippen LogP contribution in [0.2, 0.25) is 0 Å². The summed E-state index contributed by atoms with van der Waals surface area (Å²) in [6.07, 6.45) is 12.7. The van der Waals surface area contributed by atoms with Crippen LogP contribution in [0.25, 0.3) is 168 Å². The van der Waals surface area contributed by atoms with Gasteiger partial charge in [-0.3, -0.25) is 0 Å². The molecule has 8 heterocycles. The van der Waals surface area contributed by atoms with Crippen molar-refractivity contribution < 1.29 is 0 Å². The Morgan fingerprint density at radius 3 is 1.13 bits per heavy atom. The molecule has 106 heavy (non-hydrogen) atoms. The average Bonchev–Trinajstić information content (AvgIpc) is 1.59. The standard InChI is InChI=1S/C92H58N12S2/c1-5-15-55(16-6-1)66-23-13-25-71(46-66)89-101-87(100-88(102-89)65-39-37-63(38-40-65)84-94-53-79-81(97-84)77-49-73(51-95-91(77)105-79)56-17-7-2-8-18-56)64-35-29-57(30-36-64)67-41-31-59-32-42-69(48-72(59)47-67)74-50-78-82-80(106-92(78)96-52-74)54-93-83(98-82)62-33-27-58(28-34-62)68-43-44-75-70(45-68)24-14-26-76(75)90-103-85(60-19-9-3-10-20-60)99-86(104-90)61-21-11-4-12-22-61/h1-54,91-92,95-96H. The zero-order valence-corrected chi connectivity index (χ0v) is 58.3. The monoisotopic (exact) mass is 1390 g/mol. The van der Waals surface area contributed by atoms with Crippen molar-refractivity contribution in [1.82, 2.24) is 60.5 Å². The van der Waals surface area contributed by atoms with Gasteiger partial charge in [0.05, 0.1) is 21.2 Å². The van der Waals surface area contributed by atoms with Gasteiger partial charge >= 0.3 is 0 Å². The lowest BCUT2D eigenvalue weighted by Crippen LogP contribution is -2.22. The minimum Gasteiger partial charge on any atom is -0.375 e. The number of hydrogen-bond acceptors (Lipinski definition) is 14. The highest BCUT2D eigenvalue weighted by Gasteiger charge is 2.34. The molecule has 2 unspecified atom stereocenters. The summed E-state index contributed by atoms with van der Waals surface area (Å²) in [4.78, 5) is 52.9. The highest BCUT2D eigenvalue weighted by molar-refractivity contribution is 8.01. The van der Waals surface area contributed by atoms with Crippen molar-refractivity contribution in [3.05, 3.63) is 351 Å². The molecule has 14 heteroatoms. The van der Waals surface area contributed by atoms with Gasteiger partial charge in [0.1, 0.15) is 10.7 Å². The van der Waals surface area contributed by atoms with E-state index in [9.17, 15) is 0 Å². The van der Waals surface area contributed by atoms with Crippen molar-refractivity contribution in [2.45, 2.75) is 20.5 Å². The molecular formula is C92H58N12S2. The molecule has 0 aliphatic carbocycles. The molecule has 0 saturated heterocycles. The molecule has 4 aliphatic heterocycles. The molecule has 0 fully saturated rings. The van der Waals surface area contributed by atoms with Gasteiger partial charge in [0, 0.05) is 80.4 Å². The van der Waals surface area contributed by atoms with E-state index in [1.54, 1.807) is 23.5 Å². The zero-order valence-electron chi connectivity index (χ0n) is 56.6. The van der Waals surface area contributed by atoms with Crippen LogP contribution in [-0.4, -0.2) is 60.6 Å². The maximum Gasteiger partial charge on any atom is 0.164 e. The quantitative estimate of drug-likeness (QED) is 0.113. The first-order chi connectivity index (χ1) is 52.4. The van der Waals surface area contributed by atoms with E-state index in [2.05, 4.69) is 254 Å². The molecule has 0 spiro atoms. The minimum atomic E-state index is 0.0232. The maximum atomic E-state index is 5.27. The lowest BCUT2D eigenvalue weighted by molar-refractivity contribution is 0.936. The molecule has 12 nitrogen and oxygen atoms in total. The van der Waals surface area contributed by atoms with Gasteiger partial charge in [-0.25, -0.2) is 49.8 Å². The third-order valence-corrected chi connectivity index (χ3v) is 22.2. The summed E-state index contributed by atoms with van der Waals surface area (Å²) in [5, 5.41) is 11.8. The van der Waals surface area contributed by atoms with E-state index in [-0.39, 0.29) is 10.7 Å². The summed E-state index contributed by atoms with van der Waals surface area (Å²) in [6.45, 7) is 0. The topological polar surface area (TPSA) is 153 Å². The molecule has 498 valence electrons. The van der Waals surface area contributed by atoms with Gasteiger partial charge in [-0.2, -0.15) is 0 Å². The lowest BCUT2D eigenvalue weighted by atomic mass is 9.95. The van der Waals surface area contributed by atoms with Crippen LogP contribution < -0.4 is 10.6 Å². The van der Waals surface area contributed by atoms with Crippen LogP contribution in [0.5, 0.6) is 0 Å². The smallest absolute Gasteiger partial charge is 0.164 e. The zero-order chi connectivity index (χ0) is 70.0. The number of rotatable bonds is 13. The molecule has 20 rings (SSSR count). The molecule has 0 radical (unpaired) electrons. The Morgan fingerprint density at radius 2 is 0.604 bits per heavy atom. The molecule has 4 aliphatic rings. The van der Waals surface area contributed by atoms with E-state index in [4.69, 9.17) is 49.8 Å². The molecule has 2 N–H and O–H groups in total. The summed E-state index contributed by atoms with van der Waals surface area (Å²) < 4.78 is 0. The van der Waals surface area contributed by atoms with Crippen LogP contribution >= 0.6 is 23.5 Å². The van der Waals surface area contributed by atoms with Crippen LogP contribution in [0.4, 0.5) is 0 Å². The van der Waals surface area contributed by atoms with Gasteiger partial charge in [0.25, 0.3) is 0 Å². The largest absolute Gasteiger partial charge is 0.375 e. The number of allylic oxidation sites excluding steroid dienone is 4. The fraction of sp³-hybridized carbons (Fsp3) is 0.0217. The van der Waals surface area contributed by atoms with E-state index in [1.165, 1.54) is 0 Å². The predicted octanol–water partition coefficient (Wildman–Crippen LogP) is 21.2. The van der Waals surface area contributed by atoms with Crippen LogP contribution in [-0.2, 0) is 0 Å². The van der Waals surface area contributed by atoms with Gasteiger partial charge in [-0.05, 0) is 114 Å². The van der Waals surface area contributed by atoms with Crippen molar-refractivity contribution in [3.63, 3.8) is 0 Å². The molecular weight excluding hydrogens is 1340 g/mol. The lowest BCUT2D eigenvalue weighted by Gasteiger charge is -2.19. The number of fused-ring (bicyclic) bond motifs is 8. The Hall–Kier alpha value is -13.4. The van der Waals surface area contributed by atoms with Crippen LogP contribution in [0, 0.1) is 0 Å². The number of dihydropyridines is 2. The minimum absolute atomic E-state index is 0.0232. The second-order valence-electron chi connectivity index (χ2n) is 26.4. The van der Waals surface area contributed by atoms with E-state index < -0.39 is 0 Å². The van der Waals surface area contributed by atoms with Gasteiger partial charge in [-0.1, -0.05) is 290 Å². The Bertz CT molecular complexity index is 6250.